The summed E-state index contributed by atoms with van der Waals surface area (Å²) in [6.45, 7) is 1.82. The molecule has 2 aromatic carbocycles. The van der Waals surface area contributed by atoms with Crippen LogP contribution in [0.1, 0.15) is 22.8 Å². The number of aromatic nitrogens is 2. The third-order valence-corrected chi connectivity index (χ3v) is 3.61. The van der Waals surface area contributed by atoms with E-state index >= 15 is 0 Å². The molecule has 0 aliphatic rings. The van der Waals surface area contributed by atoms with Gasteiger partial charge in [0.1, 0.15) is 0 Å². The number of aryl methyl sites for hydroxylation is 1. The molecule has 4 heteroatoms. The average Bonchev–Trinajstić information content (AvgIpc) is 3.03. The fraction of sp³-hybridized carbons (Fsp3) is 0.100. The Morgan fingerprint density at radius 2 is 1.88 bits per heavy atom. The molecule has 0 fully saturated rings. The summed E-state index contributed by atoms with van der Waals surface area (Å²) >= 11 is 0. The number of benzene rings is 2. The molecule has 0 saturated heterocycles. The minimum absolute atomic E-state index is 0.177. The first-order valence-electron chi connectivity index (χ1n) is 7.59. The molecule has 118 valence electrons. The van der Waals surface area contributed by atoms with Crippen molar-refractivity contribution in [1.29, 1.82) is 0 Å². The first kappa shape index (κ1) is 15.6. The fourth-order valence-electron chi connectivity index (χ4n) is 2.45. The van der Waals surface area contributed by atoms with E-state index in [1.807, 2.05) is 55.5 Å². The van der Waals surface area contributed by atoms with E-state index in [0.717, 1.165) is 22.4 Å². The third kappa shape index (κ3) is 3.36. The molecule has 0 atom stereocenters. The van der Waals surface area contributed by atoms with Gasteiger partial charge in [0.2, 0.25) is 0 Å². The fourth-order valence-corrected chi connectivity index (χ4v) is 2.45. The molecule has 3 aromatic rings. The molecular weight excluding hydrogens is 298 g/mol. The third-order valence-electron chi connectivity index (χ3n) is 3.61. The highest BCUT2D eigenvalue weighted by atomic mass is 16.1. The lowest BCUT2D eigenvalue weighted by atomic mass is 10.0. The molecule has 0 bridgehead atoms. The van der Waals surface area contributed by atoms with Crippen molar-refractivity contribution in [1.82, 2.24) is 9.78 Å². The maximum Gasteiger partial charge on any atom is 0.258 e. The van der Waals surface area contributed by atoms with Gasteiger partial charge in [-0.1, -0.05) is 36.3 Å². The van der Waals surface area contributed by atoms with E-state index < -0.39 is 0 Å². The summed E-state index contributed by atoms with van der Waals surface area (Å²) in [4.78, 5) is 12.4. The van der Waals surface area contributed by atoms with Crippen LogP contribution < -0.4 is 5.32 Å². The molecule has 0 spiro atoms. The number of carbonyl (C=O) groups excluding carboxylic acids is 1. The number of hydrogen-bond donors (Lipinski definition) is 1. The minimum Gasteiger partial charge on any atom is -0.321 e. The van der Waals surface area contributed by atoms with Gasteiger partial charge in [-0.25, -0.2) is 0 Å². The summed E-state index contributed by atoms with van der Waals surface area (Å²) in [5.74, 6) is 5.74. The summed E-state index contributed by atoms with van der Waals surface area (Å²) in [6.07, 6.45) is 3.24. The zero-order valence-corrected chi connectivity index (χ0v) is 13.6. The summed E-state index contributed by atoms with van der Waals surface area (Å²) in [7, 11) is 1.78. The van der Waals surface area contributed by atoms with Crippen molar-refractivity contribution in [3.05, 3.63) is 72.1 Å². The molecule has 24 heavy (non-hydrogen) atoms. The summed E-state index contributed by atoms with van der Waals surface area (Å²) < 4.78 is 1.61. The molecule has 1 aromatic heterocycles. The molecule has 1 N–H and O–H groups in total. The Kier molecular flexibility index (Phi) is 4.44. The maximum atomic E-state index is 12.4. The predicted octanol–water partition coefficient (Wildman–Crippen LogP) is 3.71. The minimum atomic E-state index is -0.177. The number of carbonyl (C=O) groups is 1. The lowest BCUT2D eigenvalue weighted by Gasteiger charge is -2.11. The number of anilines is 1. The molecular formula is C20H17N3O. The number of nitrogens with zero attached hydrogens (tertiary/aromatic N) is 2. The van der Waals surface area contributed by atoms with Gasteiger partial charge in [-0.3, -0.25) is 9.48 Å². The highest BCUT2D eigenvalue weighted by Gasteiger charge is 2.11. The lowest BCUT2D eigenvalue weighted by molar-refractivity contribution is 0.102. The monoisotopic (exact) mass is 315 g/mol. The average molecular weight is 315 g/mol. The van der Waals surface area contributed by atoms with Gasteiger partial charge in [0.15, 0.2) is 0 Å². The van der Waals surface area contributed by atoms with Gasteiger partial charge in [0, 0.05) is 30.1 Å². The Hall–Kier alpha value is -3.32. The maximum absolute atomic E-state index is 12.4. The zero-order valence-electron chi connectivity index (χ0n) is 13.6. The van der Waals surface area contributed by atoms with Gasteiger partial charge in [0.05, 0.1) is 11.8 Å². The molecule has 0 unspecified atom stereocenters. The topological polar surface area (TPSA) is 46.9 Å². The molecule has 0 saturated carbocycles. The van der Waals surface area contributed by atoms with Gasteiger partial charge < -0.3 is 5.32 Å². The van der Waals surface area contributed by atoms with Gasteiger partial charge in [0.25, 0.3) is 5.91 Å². The van der Waals surface area contributed by atoms with E-state index in [1.54, 1.807) is 24.1 Å². The number of amides is 1. The van der Waals surface area contributed by atoms with Crippen LogP contribution in [0.4, 0.5) is 5.69 Å². The molecule has 4 nitrogen and oxygen atoms in total. The molecule has 1 heterocycles. The highest BCUT2D eigenvalue weighted by molar-refractivity contribution is 6.06. The predicted molar refractivity (Wildman–Crippen MR) is 95.6 cm³/mol. The zero-order chi connectivity index (χ0) is 16.9. The summed E-state index contributed by atoms with van der Waals surface area (Å²) in [5.41, 5.74) is 4.25. The molecule has 0 aliphatic carbocycles. The van der Waals surface area contributed by atoms with Crippen molar-refractivity contribution >= 4 is 11.6 Å². The molecule has 0 radical (unpaired) electrons. The van der Waals surface area contributed by atoms with E-state index in [2.05, 4.69) is 22.3 Å². The van der Waals surface area contributed by atoms with Crippen molar-refractivity contribution in [3.63, 3.8) is 0 Å². The first-order valence-corrected chi connectivity index (χ1v) is 7.59. The molecule has 3 rings (SSSR count). The largest absolute Gasteiger partial charge is 0.321 e. The van der Waals surface area contributed by atoms with Crippen molar-refractivity contribution in [2.75, 3.05) is 5.32 Å². The number of rotatable bonds is 3. The molecule has 1 amide bonds. The normalized spacial score (nSPS) is 9.92. The van der Waals surface area contributed by atoms with Crippen molar-refractivity contribution in [2.45, 2.75) is 6.92 Å². The number of nitrogens with one attached hydrogen (secondary N) is 1. The smallest absolute Gasteiger partial charge is 0.258 e. The van der Waals surface area contributed by atoms with Crippen LogP contribution in [0, 0.1) is 11.8 Å². The standard InChI is InChI=1S/C20H17N3O/c1-3-6-15-9-11-16(12-10-15)18-7-4-5-8-19(18)22-20(24)17-13-21-23(2)14-17/h4-5,7-14H,1-2H3,(H,22,24). The van der Waals surface area contributed by atoms with E-state index in [4.69, 9.17) is 0 Å². The van der Waals surface area contributed by atoms with Crippen LogP contribution >= 0.6 is 0 Å². The Labute approximate surface area is 141 Å². The first-order chi connectivity index (χ1) is 11.7. The SMILES string of the molecule is CC#Cc1ccc(-c2ccccc2NC(=O)c2cnn(C)c2)cc1. The van der Waals surface area contributed by atoms with Gasteiger partial charge >= 0.3 is 0 Å². The van der Waals surface area contributed by atoms with Crippen molar-refractivity contribution in [3.8, 4) is 23.0 Å². The molecule has 0 aliphatic heterocycles. The Bertz CT molecular complexity index is 927. The second kappa shape index (κ2) is 6.84. The van der Waals surface area contributed by atoms with Gasteiger partial charge in [-0.2, -0.15) is 5.10 Å². The van der Waals surface area contributed by atoms with E-state index in [1.165, 1.54) is 0 Å². The highest BCUT2D eigenvalue weighted by Crippen LogP contribution is 2.28. The summed E-state index contributed by atoms with van der Waals surface area (Å²) in [5, 5.41) is 6.99. The van der Waals surface area contributed by atoms with E-state index in [-0.39, 0.29) is 5.91 Å². The van der Waals surface area contributed by atoms with Crippen LogP contribution in [0.25, 0.3) is 11.1 Å². The van der Waals surface area contributed by atoms with Crippen molar-refractivity contribution < 1.29 is 4.79 Å². The quantitative estimate of drug-likeness (QED) is 0.749. The van der Waals surface area contributed by atoms with Crippen LogP contribution in [-0.4, -0.2) is 15.7 Å². The number of hydrogen-bond acceptors (Lipinski definition) is 2. The van der Waals surface area contributed by atoms with Gasteiger partial charge in [-0.05, 0) is 30.7 Å². The Balaban J connectivity index is 1.90. The second-order valence-electron chi connectivity index (χ2n) is 5.35. The van der Waals surface area contributed by atoms with Crippen LogP contribution in [0.5, 0.6) is 0 Å². The van der Waals surface area contributed by atoms with Crippen LogP contribution in [0.15, 0.2) is 60.9 Å². The Morgan fingerprint density at radius 3 is 2.54 bits per heavy atom. The van der Waals surface area contributed by atoms with E-state index in [0.29, 0.717) is 5.56 Å². The lowest BCUT2D eigenvalue weighted by Crippen LogP contribution is -2.11. The Morgan fingerprint density at radius 1 is 1.12 bits per heavy atom. The number of para-hydroxylation sites is 1. The van der Waals surface area contributed by atoms with Gasteiger partial charge in [-0.15, -0.1) is 5.92 Å². The second-order valence-corrected chi connectivity index (χ2v) is 5.35. The van der Waals surface area contributed by atoms with Crippen LogP contribution in [0.3, 0.4) is 0 Å². The van der Waals surface area contributed by atoms with Crippen molar-refractivity contribution in [2.24, 2.45) is 7.05 Å². The van der Waals surface area contributed by atoms with Crippen LogP contribution in [-0.2, 0) is 7.05 Å². The van der Waals surface area contributed by atoms with Crippen LogP contribution in [0.2, 0.25) is 0 Å². The van der Waals surface area contributed by atoms with E-state index in [9.17, 15) is 4.79 Å². The summed E-state index contributed by atoms with van der Waals surface area (Å²) in [6, 6.07) is 15.7.